The van der Waals surface area contributed by atoms with E-state index in [1.165, 1.54) is 6.08 Å². The van der Waals surface area contributed by atoms with Crippen molar-refractivity contribution in [1.82, 2.24) is 0 Å². The van der Waals surface area contributed by atoms with Gasteiger partial charge in [-0.1, -0.05) is 6.08 Å². The van der Waals surface area contributed by atoms with Gasteiger partial charge in [0.1, 0.15) is 11.7 Å². The summed E-state index contributed by atoms with van der Waals surface area (Å²) < 4.78 is 16.5. The largest absolute Gasteiger partial charge is 0.380 e. The van der Waals surface area contributed by atoms with Crippen molar-refractivity contribution in [2.75, 3.05) is 0 Å². The average Bonchev–Trinajstić information content (AvgIpc) is 2.48. The molecule has 0 unspecified atom stereocenters. The minimum atomic E-state index is -1.15. The summed E-state index contributed by atoms with van der Waals surface area (Å²) in [5, 5.41) is 10.2. The topological polar surface area (TPSA) is 47.9 Å². The van der Waals surface area contributed by atoms with Gasteiger partial charge in [-0.15, -0.1) is 6.58 Å². The summed E-state index contributed by atoms with van der Waals surface area (Å²) in [5.74, 6) is -0.702. The number of hydrogen-bond donors (Lipinski definition) is 1. The van der Waals surface area contributed by atoms with Gasteiger partial charge in [0.25, 0.3) is 0 Å². The van der Waals surface area contributed by atoms with Crippen LogP contribution in [0.4, 0.5) is 0 Å². The van der Waals surface area contributed by atoms with E-state index in [4.69, 9.17) is 14.2 Å². The van der Waals surface area contributed by atoms with Crippen molar-refractivity contribution in [2.45, 2.75) is 50.7 Å². The molecule has 0 amide bonds. The molecule has 0 aromatic heterocycles. The van der Waals surface area contributed by atoms with Crippen molar-refractivity contribution in [3.05, 3.63) is 12.7 Å². The molecule has 0 aliphatic carbocycles. The first-order valence-corrected chi connectivity index (χ1v) is 4.76. The molecule has 14 heavy (non-hydrogen) atoms. The molecule has 0 spiro atoms. The molecule has 2 rings (SSSR count). The van der Waals surface area contributed by atoms with Crippen molar-refractivity contribution >= 4 is 0 Å². The number of ether oxygens (including phenoxy) is 3. The maximum atomic E-state index is 10.2. The number of hydrogen-bond acceptors (Lipinski definition) is 4. The van der Waals surface area contributed by atoms with E-state index in [1.54, 1.807) is 20.8 Å². The minimum Gasteiger partial charge on any atom is -0.380 e. The smallest absolute Gasteiger partial charge is 0.190 e. The van der Waals surface area contributed by atoms with Gasteiger partial charge in [0.05, 0.1) is 6.10 Å². The fourth-order valence-electron chi connectivity index (χ4n) is 1.97. The van der Waals surface area contributed by atoms with Gasteiger partial charge in [-0.3, -0.25) is 0 Å². The summed E-state index contributed by atoms with van der Waals surface area (Å²) in [6.07, 6.45) is 0.131. The first-order chi connectivity index (χ1) is 6.39. The maximum absolute atomic E-state index is 10.2. The van der Waals surface area contributed by atoms with Gasteiger partial charge in [0.2, 0.25) is 0 Å². The molecule has 2 fully saturated rings. The van der Waals surface area contributed by atoms with Crippen molar-refractivity contribution in [1.29, 1.82) is 0 Å². The summed E-state index contributed by atoms with van der Waals surface area (Å²) in [5.41, 5.74) is -1.15. The van der Waals surface area contributed by atoms with Gasteiger partial charge in [0, 0.05) is 0 Å². The molecule has 0 bridgehead atoms. The van der Waals surface area contributed by atoms with Gasteiger partial charge >= 0.3 is 0 Å². The summed E-state index contributed by atoms with van der Waals surface area (Å²) in [4.78, 5) is 0. The Morgan fingerprint density at radius 2 is 2.00 bits per heavy atom. The van der Waals surface area contributed by atoms with Gasteiger partial charge in [-0.2, -0.15) is 0 Å². The Labute approximate surface area is 83.5 Å². The van der Waals surface area contributed by atoms with E-state index in [0.717, 1.165) is 0 Å². The zero-order chi connectivity index (χ0) is 10.6. The molecule has 2 aliphatic rings. The fourth-order valence-corrected chi connectivity index (χ4v) is 1.97. The summed E-state index contributed by atoms with van der Waals surface area (Å²) in [6.45, 7) is 8.97. The second-order valence-electron chi connectivity index (χ2n) is 4.29. The Bertz CT molecular complexity index is 263. The van der Waals surface area contributed by atoms with E-state index in [9.17, 15) is 5.11 Å². The third-order valence-corrected chi connectivity index (χ3v) is 2.83. The van der Waals surface area contributed by atoms with Crippen molar-refractivity contribution in [3.63, 3.8) is 0 Å². The quantitative estimate of drug-likeness (QED) is 0.636. The summed E-state index contributed by atoms with van der Waals surface area (Å²) in [6, 6.07) is 0. The van der Waals surface area contributed by atoms with Crippen molar-refractivity contribution in [2.24, 2.45) is 0 Å². The standard InChI is InChI=1S/C10H16O4/c1-5-10(11)6(2)12-8-7(10)13-9(3,4)14-8/h5-8,11H,1H2,2-4H3/t6-,7+,8-,10-/m1/s1. The van der Waals surface area contributed by atoms with Crippen LogP contribution in [0.1, 0.15) is 20.8 Å². The Morgan fingerprint density at radius 1 is 1.36 bits per heavy atom. The second kappa shape index (κ2) is 2.79. The van der Waals surface area contributed by atoms with E-state index in [2.05, 4.69) is 6.58 Å². The number of fused-ring (bicyclic) bond motifs is 1. The SMILES string of the molecule is C=C[C@@]1(O)[C@@H](C)O[C@@H]2OC(C)(C)O[C@@H]21. The van der Waals surface area contributed by atoms with E-state index in [1.807, 2.05) is 0 Å². The zero-order valence-electron chi connectivity index (χ0n) is 8.69. The highest BCUT2D eigenvalue weighted by atomic mass is 16.8. The maximum Gasteiger partial charge on any atom is 0.190 e. The monoisotopic (exact) mass is 200 g/mol. The van der Waals surface area contributed by atoms with Crippen LogP contribution < -0.4 is 0 Å². The Kier molecular flexibility index (Phi) is 2.02. The average molecular weight is 200 g/mol. The number of aliphatic hydroxyl groups is 1. The van der Waals surface area contributed by atoms with E-state index >= 15 is 0 Å². The predicted molar refractivity (Wildman–Crippen MR) is 49.5 cm³/mol. The van der Waals surface area contributed by atoms with Crippen LogP contribution in [0.3, 0.4) is 0 Å². The minimum absolute atomic E-state index is 0.355. The molecular formula is C10H16O4. The predicted octanol–water partition coefficient (Wildman–Crippen LogP) is 0.800. The third kappa shape index (κ3) is 1.22. The molecule has 0 aromatic rings. The molecule has 2 aliphatic heterocycles. The second-order valence-corrected chi connectivity index (χ2v) is 4.29. The van der Waals surface area contributed by atoms with E-state index < -0.39 is 23.8 Å². The van der Waals surface area contributed by atoms with Crippen LogP contribution in [-0.4, -0.2) is 35.0 Å². The lowest BCUT2D eigenvalue weighted by molar-refractivity contribution is -0.220. The summed E-state index contributed by atoms with van der Waals surface area (Å²) in [7, 11) is 0. The Balaban J connectivity index is 2.26. The van der Waals surface area contributed by atoms with Crippen LogP contribution in [0.2, 0.25) is 0 Å². The molecular weight excluding hydrogens is 184 g/mol. The highest BCUT2D eigenvalue weighted by molar-refractivity contribution is 5.12. The first-order valence-electron chi connectivity index (χ1n) is 4.76. The molecule has 0 aromatic carbocycles. The van der Waals surface area contributed by atoms with Crippen LogP contribution in [-0.2, 0) is 14.2 Å². The van der Waals surface area contributed by atoms with Crippen LogP contribution in [0.15, 0.2) is 12.7 Å². The lowest BCUT2D eigenvalue weighted by atomic mass is 9.94. The molecule has 4 atom stereocenters. The normalized spacial score (nSPS) is 50.4. The first kappa shape index (κ1) is 10.1. The highest BCUT2D eigenvalue weighted by Crippen LogP contribution is 2.43. The summed E-state index contributed by atoms with van der Waals surface area (Å²) >= 11 is 0. The van der Waals surface area contributed by atoms with Crippen LogP contribution in [0, 0.1) is 0 Å². The van der Waals surface area contributed by atoms with E-state index in [-0.39, 0.29) is 6.10 Å². The lowest BCUT2D eigenvalue weighted by Crippen LogP contribution is -2.46. The van der Waals surface area contributed by atoms with Gasteiger partial charge in [0.15, 0.2) is 12.1 Å². The fraction of sp³-hybridized carbons (Fsp3) is 0.800. The molecule has 2 saturated heterocycles. The number of rotatable bonds is 1. The lowest BCUT2D eigenvalue weighted by Gasteiger charge is -2.28. The molecule has 0 saturated carbocycles. The van der Waals surface area contributed by atoms with Gasteiger partial charge < -0.3 is 19.3 Å². The van der Waals surface area contributed by atoms with E-state index in [0.29, 0.717) is 0 Å². The molecule has 1 N–H and O–H groups in total. The Morgan fingerprint density at radius 3 is 2.57 bits per heavy atom. The van der Waals surface area contributed by atoms with Crippen molar-refractivity contribution < 1.29 is 19.3 Å². The molecule has 4 nitrogen and oxygen atoms in total. The Hall–Kier alpha value is -0.420. The molecule has 80 valence electrons. The van der Waals surface area contributed by atoms with Crippen LogP contribution in [0.25, 0.3) is 0 Å². The van der Waals surface area contributed by atoms with Crippen LogP contribution in [0.5, 0.6) is 0 Å². The van der Waals surface area contributed by atoms with Crippen molar-refractivity contribution in [3.8, 4) is 0 Å². The van der Waals surface area contributed by atoms with Crippen LogP contribution >= 0.6 is 0 Å². The molecule has 0 radical (unpaired) electrons. The van der Waals surface area contributed by atoms with Gasteiger partial charge in [-0.05, 0) is 20.8 Å². The van der Waals surface area contributed by atoms with Gasteiger partial charge in [-0.25, -0.2) is 0 Å². The highest BCUT2D eigenvalue weighted by Gasteiger charge is 2.60. The molecule has 2 heterocycles. The third-order valence-electron chi connectivity index (χ3n) is 2.83. The zero-order valence-corrected chi connectivity index (χ0v) is 8.69. The molecule has 4 heteroatoms.